The van der Waals surface area contributed by atoms with Gasteiger partial charge in [-0.2, -0.15) is 0 Å². The Morgan fingerprint density at radius 1 is 1.00 bits per heavy atom. The lowest BCUT2D eigenvalue weighted by Crippen LogP contribution is -2.27. The van der Waals surface area contributed by atoms with Crippen molar-refractivity contribution in [2.75, 3.05) is 24.5 Å². The average molecular weight is 220 g/mol. The number of benzene rings is 1. The molecule has 2 N–H and O–H groups in total. The normalized spacial score (nSPS) is 10.4. The first-order valence-corrected chi connectivity index (χ1v) is 6.38. The summed E-state index contributed by atoms with van der Waals surface area (Å²) in [7, 11) is 0. The van der Waals surface area contributed by atoms with Crippen LogP contribution in [0.3, 0.4) is 0 Å². The summed E-state index contributed by atoms with van der Waals surface area (Å²) in [5.74, 6) is 0. The molecule has 0 aromatic heterocycles. The van der Waals surface area contributed by atoms with Crippen molar-refractivity contribution >= 4 is 5.69 Å². The second-order valence-electron chi connectivity index (χ2n) is 4.17. The highest BCUT2D eigenvalue weighted by atomic mass is 15.1. The third-order valence-corrected chi connectivity index (χ3v) is 2.79. The monoisotopic (exact) mass is 220 g/mol. The molecule has 1 rings (SSSR count). The van der Waals surface area contributed by atoms with E-state index < -0.39 is 0 Å². The van der Waals surface area contributed by atoms with Crippen molar-refractivity contribution in [3.63, 3.8) is 0 Å². The van der Waals surface area contributed by atoms with Crippen molar-refractivity contribution in [1.29, 1.82) is 0 Å². The SMILES string of the molecule is CCCCCN(CCCN)c1ccccc1. The first-order valence-electron chi connectivity index (χ1n) is 6.38. The predicted octanol–water partition coefficient (Wildman–Crippen LogP) is 3.03. The molecule has 0 radical (unpaired) electrons. The molecule has 0 amide bonds. The van der Waals surface area contributed by atoms with Crippen LogP contribution in [0.2, 0.25) is 0 Å². The van der Waals surface area contributed by atoms with Crippen molar-refractivity contribution in [3.05, 3.63) is 30.3 Å². The molecule has 1 aromatic rings. The smallest absolute Gasteiger partial charge is 0.0366 e. The van der Waals surface area contributed by atoms with E-state index in [1.165, 1.54) is 24.9 Å². The highest BCUT2D eigenvalue weighted by Gasteiger charge is 2.04. The number of nitrogens with two attached hydrogens (primary N) is 1. The molecule has 0 saturated heterocycles. The maximum Gasteiger partial charge on any atom is 0.0366 e. The predicted molar refractivity (Wildman–Crippen MR) is 71.9 cm³/mol. The third kappa shape index (κ3) is 4.67. The van der Waals surface area contributed by atoms with Crippen molar-refractivity contribution < 1.29 is 0 Å². The van der Waals surface area contributed by atoms with Gasteiger partial charge in [0, 0.05) is 18.8 Å². The minimum Gasteiger partial charge on any atom is -0.371 e. The molecule has 1 aromatic carbocycles. The molecule has 0 spiro atoms. The molecule has 2 nitrogen and oxygen atoms in total. The van der Waals surface area contributed by atoms with E-state index >= 15 is 0 Å². The van der Waals surface area contributed by atoms with Crippen LogP contribution >= 0.6 is 0 Å². The van der Waals surface area contributed by atoms with Gasteiger partial charge in [0.25, 0.3) is 0 Å². The van der Waals surface area contributed by atoms with E-state index in [4.69, 9.17) is 5.73 Å². The van der Waals surface area contributed by atoms with E-state index in [1.807, 2.05) is 0 Å². The van der Waals surface area contributed by atoms with Crippen LogP contribution < -0.4 is 10.6 Å². The molecule has 0 unspecified atom stereocenters. The van der Waals surface area contributed by atoms with Gasteiger partial charge in [0.15, 0.2) is 0 Å². The fraction of sp³-hybridized carbons (Fsp3) is 0.571. The molecule has 0 aliphatic rings. The number of anilines is 1. The molecule has 90 valence electrons. The Morgan fingerprint density at radius 3 is 2.31 bits per heavy atom. The van der Waals surface area contributed by atoms with E-state index in [0.29, 0.717) is 0 Å². The number of unbranched alkanes of at least 4 members (excludes halogenated alkanes) is 2. The van der Waals surface area contributed by atoms with Crippen LogP contribution in [-0.2, 0) is 0 Å². The van der Waals surface area contributed by atoms with Crippen LogP contribution in [0, 0.1) is 0 Å². The molecule has 16 heavy (non-hydrogen) atoms. The van der Waals surface area contributed by atoms with E-state index in [1.54, 1.807) is 0 Å². The van der Waals surface area contributed by atoms with Crippen LogP contribution in [0.1, 0.15) is 32.6 Å². The molecule has 0 aliphatic carbocycles. The summed E-state index contributed by atoms with van der Waals surface area (Å²) in [5, 5.41) is 0. The van der Waals surface area contributed by atoms with Crippen molar-refractivity contribution in [3.8, 4) is 0 Å². The lowest BCUT2D eigenvalue weighted by Gasteiger charge is -2.24. The van der Waals surface area contributed by atoms with Gasteiger partial charge >= 0.3 is 0 Å². The van der Waals surface area contributed by atoms with Gasteiger partial charge in [0.2, 0.25) is 0 Å². The molecule has 0 fully saturated rings. The van der Waals surface area contributed by atoms with Crippen LogP contribution in [0.4, 0.5) is 5.69 Å². The fourth-order valence-electron chi connectivity index (χ4n) is 1.84. The summed E-state index contributed by atoms with van der Waals surface area (Å²) in [6, 6.07) is 10.6. The lowest BCUT2D eigenvalue weighted by atomic mass is 10.2. The minimum absolute atomic E-state index is 0.775. The maximum atomic E-state index is 5.58. The Labute approximate surface area is 99.5 Å². The largest absolute Gasteiger partial charge is 0.371 e. The summed E-state index contributed by atoms with van der Waals surface area (Å²) in [5.41, 5.74) is 6.91. The molecule has 0 saturated carbocycles. The summed E-state index contributed by atoms with van der Waals surface area (Å²) in [6.45, 7) is 5.24. The summed E-state index contributed by atoms with van der Waals surface area (Å²) in [4.78, 5) is 2.45. The quantitative estimate of drug-likeness (QED) is 0.682. The zero-order chi connectivity index (χ0) is 11.6. The fourth-order valence-corrected chi connectivity index (χ4v) is 1.84. The van der Waals surface area contributed by atoms with Gasteiger partial charge in [-0.3, -0.25) is 0 Å². The summed E-state index contributed by atoms with van der Waals surface area (Å²) >= 11 is 0. The molecular formula is C14H24N2. The van der Waals surface area contributed by atoms with Gasteiger partial charge in [-0.15, -0.1) is 0 Å². The number of hydrogen-bond acceptors (Lipinski definition) is 2. The van der Waals surface area contributed by atoms with E-state index in [2.05, 4.69) is 42.2 Å². The standard InChI is InChI=1S/C14H24N2/c1-2-3-7-12-16(13-8-11-15)14-9-5-4-6-10-14/h4-6,9-10H,2-3,7-8,11-13,15H2,1H3. The van der Waals surface area contributed by atoms with Gasteiger partial charge < -0.3 is 10.6 Å². The van der Waals surface area contributed by atoms with Crippen molar-refractivity contribution in [2.45, 2.75) is 32.6 Å². The van der Waals surface area contributed by atoms with Gasteiger partial charge in [-0.25, -0.2) is 0 Å². The number of hydrogen-bond donors (Lipinski definition) is 1. The Bertz CT molecular complexity index is 259. The second-order valence-corrected chi connectivity index (χ2v) is 4.17. The van der Waals surface area contributed by atoms with Gasteiger partial charge in [-0.05, 0) is 31.5 Å². The van der Waals surface area contributed by atoms with Crippen molar-refractivity contribution in [2.24, 2.45) is 5.73 Å². The van der Waals surface area contributed by atoms with Gasteiger partial charge in [0.05, 0.1) is 0 Å². The average Bonchev–Trinajstić information content (AvgIpc) is 2.35. The van der Waals surface area contributed by atoms with E-state index in [9.17, 15) is 0 Å². The van der Waals surface area contributed by atoms with Crippen LogP contribution in [-0.4, -0.2) is 19.6 Å². The van der Waals surface area contributed by atoms with Gasteiger partial charge in [0.1, 0.15) is 0 Å². The minimum atomic E-state index is 0.775. The van der Waals surface area contributed by atoms with Crippen LogP contribution in [0.15, 0.2) is 30.3 Å². The topological polar surface area (TPSA) is 29.3 Å². The second kappa shape index (κ2) is 8.17. The lowest BCUT2D eigenvalue weighted by molar-refractivity contribution is 0.660. The Hall–Kier alpha value is -1.02. The molecule has 0 atom stereocenters. The maximum absolute atomic E-state index is 5.58. The van der Waals surface area contributed by atoms with E-state index in [0.717, 1.165) is 26.1 Å². The Balaban J connectivity index is 2.49. The zero-order valence-corrected chi connectivity index (χ0v) is 10.4. The number of para-hydroxylation sites is 1. The van der Waals surface area contributed by atoms with Gasteiger partial charge in [-0.1, -0.05) is 38.0 Å². The zero-order valence-electron chi connectivity index (χ0n) is 10.4. The first-order chi connectivity index (χ1) is 7.88. The molecule has 0 bridgehead atoms. The highest BCUT2D eigenvalue weighted by molar-refractivity contribution is 5.45. The van der Waals surface area contributed by atoms with Crippen LogP contribution in [0.5, 0.6) is 0 Å². The summed E-state index contributed by atoms with van der Waals surface area (Å²) in [6.07, 6.45) is 4.93. The summed E-state index contributed by atoms with van der Waals surface area (Å²) < 4.78 is 0. The Morgan fingerprint density at radius 2 is 1.69 bits per heavy atom. The molecule has 0 aliphatic heterocycles. The first kappa shape index (κ1) is 13.0. The third-order valence-electron chi connectivity index (χ3n) is 2.79. The van der Waals surface area contributed by atoms with Crippen LogP contribution in [0.25, 0.3) is 0 Å². The molecule has 2 heteroatoms. The Kier molecular flexibility index (Phi) is 6.66. The van der Waals surface area contributed by atoms with E-state index in [-0.39, 0.29) is 0 Å². The molecular weight excluding hydrogens is 196 g/mol. The molecule has 0 heterocycles. The van der Waals surface area contributed by atoms with Crippen molar-refractivity contribution in [1.82, 2.24) is 0 Å². The number of nitrogens with zero attached hydrogens (tertiary/aromatic N) is 1. The number of rotatable bonds is 8. The highest BCUT2D eigenvalue weighted by Crippen LogP contribution is 2.14.